The average molecular weight is 666 g/mol. The fourth-order valence-corrected chi connectivity index (χ4v) is 5.65. The van der Waals surface area contributed by atoms with Crippen molar-refractivity contribution in [2.75, 3.05) is 29.9 Å². The van der Waals surface area contributed by atoms with Crippen molar-refractivity contribution in [1.82, 2.24) is 5.43 Å². The third kappa shape index (κ3) is 8.58. The van der Waals surface area contributed by atoms with E-state index in [1.165, 1.54) is 56.6 Å². The van der Waals surface area contributed by atoms with Gasteiger partial charge in [0.15, 0.2) is 6.61 Å². The molecule has 0 aromatic heterocycles. The maximum Gasteiger partial charge on any atom is 0.273 e. The van der Waals surface area contributed by atoms with Gasteiger partial charge in [-0.05, 0) is 79.2 Å². The van der Waals surface area contributed by atoms with Crippen LogP contribution >= 0.6 is 11.6 Å². The predicted molar refractivity (Wildman–Crippen MR) is 173 cm³/mol. The standard InChI is InChI=1S/C31H28ClN5O8S/c1-21-7-16-26(17-29(21)37(40)41)46(42,43)36(23-10-14-24(44-2)15-11-23)19-30(38)35-33-18-22-8-12-25(13-9-22)45-20-31(39)34-28-6-4-3-5-27(28)32/h3-18H,19-20H2,1-2H3,(H,34,39)(H,35,38)/b33-18-. The van der Waals surface area contributed by atoms with Crippen molar-refractivity contribution in [2.24, 2.45) is 5.10 Å². The fraction of sp³-hybridized carbons (Fsp3) is 0.129. The van der Waals surface area contributed by atoms with E-state index in [1.807, 2.05) is 0 Å². The van der Waals surface area contributed by atoms with Crippen LogP contribution in [0, 0.1) is 17.0 Å². The van der Waals surface area contributed by atoms with Crippen molar-refractivity contribution in [3.8, 4) is 11.5 Å². The van der Waals surface area contributed by atoms with Crippen LogP contribution in [0.4, 0.5) is 17.1 Å². The molecule has 0 spiro atoms. The summed E-state index contributed by atoms with van der Waals surface area (Å²) in [6, 6.07) is 22.7. The summed E-state index contributed by atoms with van der Waals surface area (Å²) >= 11 is 6.04. The number of halogens is 1. The number of para-hydroxylation sites is 1. The van der Waals surface area contributed by atoms with Gasteiger partial charge in [-0.2, -0.15) is 5.10 Å². The number of rotatable bonds is 13. The first-order chi connectivity index (χ1) is 22.0. The van der Waals surface area contributed by atoms with E-state index in [4.69, 9.17) is 21.1 Å². The molecule has 0 radical (unpaired) electrons. The summed E-state index contributed by atoms with van der Waals surface area (Å²) in [6.45, 7) is 0.555. The molecule has 46 heavy (non-hydrogen) atoms. The zero-order valence-corrected chi connectivity index (χ0v) is 26.1. The molecule has 13 nitrogen and oxygen atoms in total. The van der Waals surface area contributed by atoms with Crippen LogP contribution in [0.15, 0.2) is 101 Å². The van der Waals surface area contributed by atoms with Crippen molar-refractivity contribution < 1.29 is 32.4 Å². The number of aryl methyl sites for hydroxylation is 1. The number of benzene rings is 4. The molecule has 0 heterocycles. The van der Waals surface area contributed by atoms with Crippen LogP contribution in [-0.2, 0) is 19.6 Å². The Hall–Kier alpha value is -5.47. The number of carbonyl (C=O) groups excluding carboxylic acids is 2. The number of methoxy groups -OCH3 is 1. The van der Waals surface area contributed by atoms with Crippen LogP contribution in [0.3, 0.4) is 0 Å². The Morgan fingerprint density at radius 2 is 1.65 bits per heavy atom. The molecule has 4 aromatic carbocycles. The largest absolute Gasteiger partial charge is 0.497 e. The van der Waals surface area contributed by atoms with Gasteiger partial charge in [0.25, 0.3) is 27.5 Å². The highest BCUT2D eigenvalue weighted by Gasteiger charge is 2.29. The molecule has 238 valence electrons. The number of nitrogens with one attached hydrogen (secondary N) is 2. The van der Waals surface area contributed by atoms with E-state index in [0.717, 1.165) is 10.4 Å². The second-order valence-corrected chi connectivity index (χ2v) is 11.9. The third-order valence-electron chi connectivity index (χ3n) is 6.41. The van der Waals surface area contributed by atoms with Gasteiger partial charge in [-0.3, -0.25) is 24.0 Å². The van der Waals surface area contributed by atoms with Crippen LogP contribution in [0.1, 0.15) is 11.1 Å². The van der Waals surface area contributed by atoms with E-state index in [0.29, 0.717) is 27.8 Å². The van der Waals surface area contributed by atoms with E-state index < -0.39 is 33.3 Å². The van der Waals surface area contributed by atoms with Gasteiger partial charge in [0.2, 0.25) is 0 Å². The quantitative estimate of drug-likeness (QED) is 0.115. The molecule has 4 rings (SSSR count). The Bertz CT molecular complexity index is 1870. The minimum Gasteiger partial charge on any atom is -0.497 e. The topological polar surface area (TPSA) is 170 Å². The highest BCUT2D eigenvalue weighted by Crippen LogP contribution is 2.29. The zero-order chi connectivity index (χ0) is 33.3. The summed E-state index contributed by atoms with van der Waals surface area (Å²) in [4.78, 5) is 35.5. The predicted octanol–water partition coefficient (Wildman–Crippen LogP) is 4.93. The van der Waals surface area contributed by atoms with Crippen molar-refractivity contribution in [3.63, 3.8) is 0 Å². The maximum atomic E-state index is 13.6. The normalized spacial score (nSPS) is 11.1. The number of carbonyl (C=O) groups is 2. The van der Waals surface area contributed by atoms with E-state index in [1.54, 1.807) is 48.5 Å². The molecule has 0 unspecified atom stereocenters. The lowest BCUT2D eigenvalue weighted by Gasteiger charge is -2.24. The Morgan fingerprint density at radius 3 is 2.30 bits per heavy atom. The van der Waals surface area contributed by atoms with Crippen molar-refractivity contribution in [1.29, 1.82) is 0 Å². The number of nitro benzene ring substituents is 1. The molecular formula is C31H28ClN5O8S. The number of hydrazone groups is 1. The van der Waals surface area contributed by atoms with Gasteiger partial charge >= 0.3 is 0 Å². The highest BCUT2D eigenvalue weighted by molar-refractivity contribution is 7.92. The monoisotopic (exact) mass is 665 g/mol. The smallest absolute Gasteiger partial charge is 0.273 e. The van der Waals surface area contributed by atoms with Gasteiger partial charge < -0.3 is 14.8 Å². The second-order valence-electron chi connectivity index (χ2n) is 9.59. The lowest BCUT2D eigenvalue weighted by molar-refractivity contribution is -0.385. The van der Waals surface area contributed by atoms with Gasteiger partial charge in [-0.25, -0.2) is 13.8 Å². The van der Waals surface area contributed by atoms with E-state index in [2.05, 4.69) is 15.8 Å². The molecule has 15 heteroatoms. The van der Waals surface area contributed by atoms with E-state index in [9.17, 15) is 28.1 Å². The number of hydrogen-bond donors (Lipinski definition) is 2. The van der Waals surface area contributed by atoms with Gasteiger partial charge in [0.05, 0.1) is 39.5 Å². The van der Waals surface area contributed by atoms with Gasteiger partial charge in [0, 0.05) is 11.6 Å². The molecule has 2 N–H and O–H groups in total. The van der Waals surface area contributed by atoms with E-state index in [-0.39, 0.29) is 28.4 Å². The molecular weight excluding hydrogens is 638 g/mol. The maximum absolute atomic E-state index is 13.6. The molecule has 0 atom stereocenters. The van der Waals surface area contributed by atoms with Crippen LogP contribution < -0.4 is 24.5 Å². The number of sulfonamides is 1. The average Bonchev–Trinajstić information content (AvgIpc) is 3.04. The van der Waals surface area contributed by atoms with Crippen LogP contribution in [0.25, 0.3) is 0 Å². The number of ether oxygens (including phenoxy) is 2. The summed E-state index contributed by atoms with van der Waals surface area (Å²) in [6.07, 6.45) is 1.33. The highest BCUT2D eigenvalue weighted by atomic mass is 35.5. The first kappa shape index (κ1) is 33.4. The lowest BCUT2D eigenvalue weighted by atomic mass is 10.2. The number of nitrogens with zero attached hydrogens (tertiary/aromatic N) is 3. The minimum atomic E-state index is -4.43. The summed E-state index contributed by atoms with van der Waals surface area (Å²) in [5.41, 5.74) is 3.37. The van der Waals surface area contributed by atoms with Crippen LogP contribution in [-0.4, -0.2) is 51.6 Å². The number of amides is 2. The minimum absolute atomic E-state index is 0.124. The van der Waals surface area contributed by atoms with Gasteiger partial charge in [-0.1, -0.05) is 29.8 Å². The first-order valence-corrected chi connectivity index (χ1v) is 15.3. The summed E-state index contributed by atoms with van der Waals surface area (Å²) in [5, 5.41) is 18.4. The van der Waals surface area contributed by atoms with Crippen molar-refractivity contribution in [2.45, 2.75) is 11.8 Å². The Kier molecular flexibility index (Phi) is 10.9. The molecule has 0 bridgehead atoms. The van der Waals surface area contributed by atoms with Crippen molar-refractivity contribution in [3.05, 3.63) is 117 Å². The summed E-state index contributed by atoms with van der Waals surface area (Å²) in [7, 11) is -2.98. The number of anilines is 2. The Labute approximate surface area is 269 Å². The molecule has 0 aliphatic heterocycles. The Balaban J connectivity index is 1.41. The number of nitro groups is 1. The molecule has 0 aliphatic rings. The Morgan fingerprint density at radius 1 is 0.978 bits per heavy atom. The molecule has 4 aromatic rings. The summed E-state index contributed by atoms with van der Waals surface area (Å²) in [5.74, 6) is -0.306. The fourth-order valence-electron chi connectivity index (χ4n) is 4.03. The number of hydrogen-bond acceptors (Lipinski definition) is 9. The van der Waals surface area contributed by atoms with Crippen LogP contribution in [0.2, 0.25) is 5.02 Å². The summed E-state index contributed by atoms with van der Waals surface area (Å²) < 4.78 is 38.7. The van der Waals surface area contributed by atoms with Gasteiger partial charge in [-0.15, -0.1) is 0 Å². The van der Waals surface area contributed by atoms with E-state index >= 15 is 0 Å². The molecule has 2 amide bonds. The molecule has 0 saturated carbocycles. The SMILES string of the molecule is COc1ccc(N(CC(=O)N/N=C\c2ccc(OCC(=O)Nc3ccccc3Cl)cc2)S(=O)(=O)c2ccc(C)c([N+](=O)[O-])c2)cc1. The van der Waals surface area contributed by atoms with Gasteiger partial charge in [0.1, 0.15) is 18.0 Å². The van der Waals surface area contributed by atoms with Crippen molar-refractivity contribution >= 4 is 56.7 Å². The molecule has 0 aliphatic carbocycles. The second kappa shape index (κ2) is 15.0. The van der Waals surface area contributed by atoms with Crippen LogP contribution in [0.5, 0.6) is 11.5 Å². The zero-order valence-electron chi connectivity index (χ0n) is 24.5. The first-order valence-electron chi connectivity index (χ1n) is 13.5. The third-order valence-corrected chi connectivity index (χ3v) is 8.51. The molecule has 0 saturated heterocycles. The molecule has 0 fully saturated rings. The lowest BCUT2D eigenvalue weighted by Crippen LogP contribution is -2.39.